The maximum Gasteiger partial charge on any atom is 0.251 e. The summed E-state index contributed by atoms with van der Waals surface area (Å²) in [7, 11) is 0. The second kappa shape index (κ2) is 9.37. The van der Waals surface area contributed by atoms with Crippen LogP contribution in [-0.2, 0) is 11.2 Å². The van der Waals surface area contributed by atoms with Crippen LogP contribution in [-0.4, -0.2) is 41.0 Å². The number of fused-ring (bicyclic) bond motifs is 1. The first-order valence-electron chi connectivity index (χ1n) is 8.26. The van der Waals surface area contributed by atoms with E-state index in [1.54, 1.807) is 5.43 Å². The van der Waals surface area contributed by atoms with Gasteiger partial charge in [0.1, 0.15) is 0 Å². The van der Waals surface area contributed by atoms with Gasteiger partial charge in [-0.3, -0.25) is 4.79 Å². The van der Waals surface area contributed by atoms with Gasteiger partial charge < -0.3 is 21.8 Å². The molecule has 1 aromatic carbocycles. The largest absolute Gasteiger partial charge is 0.365 e. The minimum Gasteiger partial charge on any atom is -0.365 e. The van der Waals surface area contributed by atoms with Gasteiger partial charge >= 0.3 is 0 Å². The third-order valence-electron chi connectivity index (χ3n) is 3.87. The first-order chi connectivity index (χ1) is 12.5. The summed E-state index contributed by atoms with van der Waals surface area (Å²) in [6.45, 7) is 0.745. The molecule has 0 radical (unpaired) electrons. The van der Waals surface area contributed by atoms with E-state index in [0.717, 1.165) is 16.5 Å². The molecule has 0 bridgehead atoms. The van der Waals surface area contributed by atoms with Crippen LogP contribution in [0, 0.1) is 10.1 Å². The van der Waals surface area contributed by atoms with E-state index in [1.807, 2.05) is 30.5 Å². The fourth-order valence-corrected chi connectivity index (χ4v) is 2.56. The number of aromatic amines is 1. The summed E-state index contributed by atoms with van der Waals surface area (Å²) in [6, 6.07) is 7.33. The molecule has 1 atom stereocenters. The fraction of sp³-hybridized carbons (Fsp3) is 0.375. The number of hydrazine groups is 1. The van der Waals surface area contributed by atoms with Crippen LogP contribution in [0.25, 0.3) is 10.9 Å². The Bertz CT molecular complexity index is 787. The third-order valence-corrected chi connectivity index (χ3v) is 3.87. The predicted octanol–water partition coefficient (Wildman–Crippen LogP) is 0.0301. The van der Waals surface area contributed by atoms with E-state index >= 15 is 0 Å². The number of hydrogen-bond donors (Lipinski definition) is 5. The van der Waals surface area contributed by atoms with E-state index in [9.17, 15) is 14.9 Å². The van der Waals surface area contributed by atoms with Crippen LogP contribution >= 0.6 is 0 Å². The molecule has 0 fully saturated rings. The van der Waals surface area contributed by atoms with Gasteiger partial charge in [0.05, 0.1) is 6.04 Å². The number of H-pyrrole nitrogens is 1. The van der Waals surface area contributed by atoms with Crippen molar-refractivity contribution in [2.45, 2.75) is 25.3 Å². The summed E-state index contributed by atoms with van der Waals surface area (Å²) < 4.78 is 0. The number of carbonyl (C=O) groups excluding carboxylic acids is 1. The molecule has 0 spiro atoms. The maximum atomic E-state index is 12.0. The van der Waals surface area contributed by atoms with Crippen LogP contribution in [0.5, 0.6) is 0 Å². The predicted molar refractivity (Wildman–Crippen MR) is 98.8 cm³/mol. The number of rotatable bonds is 9. The van der Waals surface area contributed by atoms with Gasteiger partial charge in [-0.05, 0) is 30.9 Å². The highest BCUT2D eigenvalue weighted by atomic mass is 16.7. The zero-order chi connectivity index (χ0) is 18.9. The summed E-state index contributed by atoms with van der Waals surface area (Å²) in [6.07, 6.45) is 3.55. The molecule has 10 heteroatoms. The molecule has 2 aromatic rings. The minimum absolute atomic E-state index is 0.231. The van der Waals surface area contributed by atoms with E-state index in [1.165, 1.54) is 0 Å². The van der Waals surface area contributed by atoms with Crippen molar-refractivity contribution in [2.24, 2.45) is 16.5 Å². The first kappa shape index (κ1) is 19.2. The Morgan fingerprint density at radius 2 is 2.15 bits per heavy atom. The van der Waals surface area contributed by atoms with Crippen molar-refractivity contribution >= 4 is 22.8 Å². The fourth-order valence-electron chi connectivity index (χ4n) is 2.56. The smallest absolute Gasteiger partial charge is 0.251 e. The van der Waals surface area contributed by atoms with Crippen molar-refractivity contribution < 1.29 is 9.83 Å². The van der Waals surface area contributed by atoms with Crippen molar-refractivity contribution in [3.05, 3.63) is 46.1 Å². The lowest BCUT2D eigenvalue weighted by Crippen LogP contribution is -2.41. The molecule has 1 aromatic heterocycles. The second-order valence-corrected chi connectivity index (χ2v) is 5.79. The highest BCUT2D eigenvalue weighted by Crippen LogP contribution is 2.17. The van der Waals surface area contributed by atoms with E-state index in [2.05, 4.69) is 15.3 Å². The summed E-state index contributed by atoms with van der Waals surface area (Å²) in [5, 5.41) is 13.3. The number of para-hydroxylation sites is 1. The van der Waals surface area contributed by atoms with Gasteiger partial charge in [0.2, 0.25) is 5.91 Å². The lowest BCUT2D eigenvalue weighted by molar-refractivity contribution is -0.525. The van der Waals surface area contributed by atoms with Crippen LogP contribution in [0.1, 0.15) is 18.4 Å². The van der Waals surface area contributed by atoms with Gasteiger partial charge in [-0.25, -0.2) is 15.1 Å². The number of nitrogens with one attached hydrogen (secondary N) is 3. The van der Waals surface area contributed by atoms with Crippen LogP contribution in [0.15, 0.2) is 35.5 Å². The molecule has 10 nitrogen and oxygen atoms in total. The Morgan fingerprint density at radius 1 is 1.38 bits per heavy atom. The zero-order valence-electron chi connectivity index (χ0n) is 14.3. The molecule has 1 heterocycles. The number of guanidine groups is 1. The number of nitro groups is 1. The van der Waals surface area contributed by atoms with Crippen molar-refractivity contribution in [1.82, 2.24) is 15.7 Å². The molecule has 0 unspecified atom stereocenters. The standard InChI is InChI=1S/C16H23N7O3/c17-13(5-3-8-20-16(18)22-23(25)26)15(24)19-9-7-11-10-21-14-6-2-1-4-12(11)14/h1-2,4,6,10,13,21H,3,5,7-9,17H2,(H,19,24)(H3,18,20,22)/t13-/m0/s1. The number of benzene rings is 1. The van der Waals surface area contributed by atoms with Crippen molar-refractivity contribution in [3.8, 4) is 0 Å². The average Bonchev–Trinajstić information content (AvgIpc) is 3.01. The molecule has 140 valence electrons. The Kier molecular flexibility index (Phi) is 6.92. The average molecular weight is 361 g/mol. The number of nitrogens with zero attached hydrogens (tertiary/aromatic N) is 2. The highest BCUT2D eigenvalue weighted by molar-refractivity contribution is 5.83. The van der Waals surface area contributed by atoms with Gasteiger partial charge in [-0.15, -0.1) is 0 Å². The van der Waals surface area contributed by atoms with Gasteiger partial charge in [-0.2, -0.15) is 0 Å². The lowest BCUT2D eigenvalue weighted by atomic mass is 10.1. The Labute approximate surface area is 150 Å². The number of carbonyl (C=O) groups is 1. The van der Waals surface area contributed by atoms with Crippen molar-refractivity contribution in [2.75, 3.05) is 13.1 Å². The second-order valence-electron chi connectivity index (χ2n) is 5.79. The van der Waals surface area contributed by atoms with Gasteiger partial charge in [-0.1, -0.05) is 23.6 Å². The summed E-state index contributed by atoms with van der Waals surface area (Å²) in [5.74, 6) is -0.503. The topological polar surface area (TPSA) is 164 Å². The summed E-state index contributed by atoms with van der Waals surface area (Å²) in [4.78, 5) is 29.1. The molecule has 2 rings (SSSR count). The maximum absolute atomic E-state index is 12.0. The summed E-state index contributed by atoms with van der Waals surface area (Å²) >= 11 is 0. The molecule has 1 amide bonds. The minimum atomic E-state index is -0.786. The zero-order valence-corrected chi connectivity index (χ0v) is 14.3. The van der Waals surface area contributed by atoms with Crippen LogP contribution < -0.4 is 22.2 Å². The molecular formula is C16H23N7O3. The number of hydrogen-bond acceptors (Lipinski definition) is 5. The molecule has 0 aliphatic carbocycles. The van der Waals surface area contributed by atoms with Crippen LogP contribution in [0.4, 0.5) is 0 Å². The van der Waals surface area contributed by atoms with Gasteiger partial charge in [0, 0.05) is 30.2 Å². The molecule has 0 aliphatic heterocycles. The molecular weight excluding hydrogens is 338 g/mol. The molecule has 0 aliphatic rings. The Morgan fingerprint density at radius 3 is 2.92 bits per heavy atom. The third kappa shape index (κ3) is 5.74. The van der Waals surface area contributed by atoms with E-state index in [0.29, 0.717) is 25.8 Å². The number of aliphatic imine (C=N–C) groups is 1. The molecule has 26 heavy (non-hydrogen) atoms. The number of aromatic nitrogens is 1. The SMILES string of the molecule is NC(=NCCC[C@H](N)C(=O)NCCc1c[nH]c2ccccc12)N[N+](=O)[O-]. The molecule has 0 saturated heterocycles. The number of nitrogens with two attached hydrogens (primary N) is 2. The molecule has 7 N–H and O–H groups in total. The van der Waals surface area contributed by atoms with E-state index in [4.69, 9.17) is 11.5 Å². The Hall–Kier alpha value is -3.14. The quantitative estimate of drug-likeness (QED) is 0.139. The van der Waals surface area contributed by atoms with E-state index in [-0.39, 0.29) is 18.4 Å². The number of amides is 1. The molecule has 0 saturated carbocycles. The van der Waals surface area contributed by atoms with E-state index < -0.39 is 11.1 Å². The Balaban J connectivity index is 1.68. The normalized spacial score (nSPS) is 12.7. The summed E-state index contributed by atoms with van der Waals surface area (Å²) in [5.41, 5.74) is 15.1. The van der Waals surface area contributed by atoms with Crippen LogP contribution in [0.2, 0.25) is 0 Å². The van der Waals surface area contributed by atoms with Crippen LogP contribution in [0.3, 0.4) is 0 Å². The first-order valence-corrected chi connectivity index (χ1v) is 8.26. The van der Waals surface area contributed by atoms with Gasteiger partial charge in [0.15, 0.2) is 5.03 Å². The van der Waals surface area contributed by atoms with Crippen molar-refractivity contribution in [3.63, 3.8) is 0 Å². The van der Waals surface area contributed by atoms with Gasteiger partial charge in [0.25, 0.3) is 5.96 Å². The highest BCUT2D eigenvalue weighted by Gasteiger charge is 2.12. The van der Waals surface area contributed by atoms with Crippen molar-refractivity contribution in [1.29, 1.82) is 0 Å². The monoisotopic (exact) mass is 361 g/mol. The lowest BCUT2D eigenvalue weighted by Gasteiger charge is -2.11.